The van der Waals surface area contributed by atoms with Gasteiger partial charge in [-0.3, -0.25) is 9.59 Å². The summed E-state index contributed by atoms with van der Waals surface area (Å²) in [5.74, 6) is 0.751. The van der Waals surface area contributed by atoms with Gasteiger partial charge in [-0.2, -0.15) is 0 Å². The molecule has 4 rings (SSSR count). The highest BCUT2D eigenvalue weighted by molar-refractivity contribution is 6.22. The molecule has 134 valence electrons. The Bertz CT molecular complexity index is 1070. The molecule has 1 aliphatic rings. The molecule has 5 nitrogen and oxygen atoms in total. The number of benzene rings is 3. The number of ether oxygens (including phenoxy) is 2. The van der Waals surface area contributed by atoms with Crippen LogP contribution in [0.15, 0.2) is 60.7 Å². The molecule has 5 heteroatoms. The van der Waals surface area contributed by atoms with Crippen LogP contribution < -0.4 is 14.8 Å². The Morgan fingerprint density at radius 1 is 0.778 bits per heavy atom. The Balaban J connectivity index is 1.62. The number of anilines is 1. The molecular formula is C22H17NO4. The second-order valence-corrected chi connectivity index (χ2v) is 6.16. The van der Waals surface area contributed by atoms with Crippen LogP contribution in [0, 0.1) is 0 Å². The summed E-state index contributed by atoms with van der Waals surface area (Å²) in [4.78, 5) is 25.3. The van der Waals surface area contributed by atoms with E-state index in [0.29, 0.717) is 33.9 Å². The van der Waals surface area contributed by atoms with Crippen LogP contribution in [0.3, 0.4) is 0 Å². The van der Waals surface area contributed by atoms with Gasteiger partial charge >= 0.3 is 0 Å². The van der Waals surface area contributed by atoms with E-state index in [9.17, 15) is 9.59 Å². The molecule has 0 aliphatic heterocycles. The lowest BCUT2D eigenvalue weighted by Crippen LogP contribution is -2.12. The van der Waals surface area contributed by atoms with Crippen LogP contribution in [-0.2, 0) is 0 Å². The van der Waals surface area contributed by atoms with Gasteiger partial charge in [0.2, 0.25) is 0 Å². The summed E-state index contributed by atoms with van der Waals surface area (Å²) in [5, 5.41) is 2.83. The maximum absolute atomic E-state index is 12.7. The van der Waals surface area contributed by atoms with E-state index in [-0.39, 0.29) is 11.7 Å². The standard InChI is InChI=1S/C22H17NO4/c1-26-19-10-8-14(12-20(19)27-2)23-22(25)13-7-9-16-15-5-3-4-6-17(15)21(24)18(16)11-13/h3-12H,1-2H3,(H,23,25). The van der Waals surface area contributed by atoms with Gasteiger partial charge < -0.3 is 14.8 Å². The number of amides is 1. The highest BCUT2D eigenvalue weighted by atomic mass is 16.5. The number of hydrogen-bond acceptors (Lipinski definition) is 4. The molecule has 1 N–H and O–H groups in total. The van der Waals surface area contributed by atoms with Crippen molar-refractivity contribution < 1.29 is 19.1 Å². The van der Waals surface area contributed by atoms with Gasteiger partial charge in [-0.05, 0) is 35.4 Å². The first-order valence-corrected chi connectivity index (χ1v) is 8.44. The molecule has 0 saturated heterocycles. The first kappa shape index (κ1) is 16.8. The van der Waals surface area contributed by atoms with E-state index in [1.54, 1.807) is 43.5 Å². The fourth-order valence-corrected chi connectivity index (χ4v) is 3.29. The lowest BCUT2D eigenvalue weighted by molar-refractivity contribution is 0.102. The van der Waals surface area contributed by atoms with E-state index >= 15 is 0 Å². The SMILES string of the molecule is COc1ccc(NC(=O)c2ccc3c(c2)C(=O)c2ccccc2-3)cc1OC. The van der Waals surface area contributed by atoms with E-state index in [2.05, 4.69) is 5.32 Å². The molecule has 0 aromatic heterocycles. The number of rotatable bonds is 4. The van der Waals surface area contributed by atoms with Crippen LogP contribution >= 0.6 is 0 Å². The number of fused-ring (bicyclic) bond motifs is 3. The zero-order chi connectivity index (χ0) is 19.0. The number of hydrogen-bond donors (Lipinski definition) is 1. The van der Waals surface area contributed by atoms with Crippen molar-refractivity contribution in [3.63, 3.8) is 0 Å². The van der Waals surface area contributed by atoms with Crippen molar-refractivity contribution in [2.24, 2.45) is 0 Å². The number of nitrogens with one attached hydrogen (secondary N) is 1. The topological polar surface area (TPSA) is 64.6 Å². The summed E-state index contributed by atoms with van der Waals surface area (Å²) in [5.41, 5.74) is 3.99. The number of methoxy groups -OCH3 is 2. The summed E-state index contributed by atoms with van der Waals surface area (Å²) in [7, 11) is 3.09. The maximum atomic E-state index is 12.7. The monoisotopic (exact) mass is 359 g/mol. The van der Waals surface area contributed by atoms with Crippen LogP contribution in [-0.4, -0.2) is 25.9 Å². The van der Waals surface area contributed by atoms with Gasteiger partial charge in [0.15, 0.2) is 17.3 Å². The molecule has 27 heavy (non-hydrogen) atoms. The normalized spacial score (nSPS) is 11.6. The summed E-state index contributed by atoms with van der Waals surface area (Å²) in [6.45, 7) is 0. The Hall–Kier alpha value is -3.60. The molecule has 0 bridgehead atoms. The molecule has 0 atom stereocenters. The van der Waals surface area contributed by atoms with Crippen molar-refractivity contribution in [3.05, 3.63) is 77.4 Å². The second kappa shape index (κ2) is 6.61. The molecule has 1 amide bonds. The quantitative estimate of drug-likeness (QED) is 0.594. The van der Waals surface area contributed by atoms with Crippen molar-refractivity contribution in [2.75, 3.05) is 19.5 Å². The lowest BCUT2D eigenvalue weighted by Gasteiger charge is -2.11. The molecule has 0 saturated carbocycles. The molecule has 0 radical (unpaired) electrons. The van der Waals surface area contributed by atoms with Gasteiger partial charge in [-0.15, -0.1) is 0 Å². The molecule has 3 aromatic rings. The molecular weight excluding hydrogens is 342 g/mol. The Kier molecular flexibility index (Phi) is 4.12. The third-order valence-corrected chi connectivity index (χ3v) is 4.63. The molecule has 0 spiro atoms. The zero-order valence-electron chi connectivity index (χ0n) is 14.9. The summed E-state index contributed by atoms with van der Waals surface area (Å²) in [6.07, 6.45) is 0. The minimum Gasteiger partial charge on any atom is -0.493 e. The van der Waals surface area contributed by atoms with Gasteiger partial charge in [0.05, 0.1) is 14.2 Å². The van der Waals surface area contributed by atoms with Crippen molar-refractivity contribution in [3.8, 4) is 22.6 Å². The van der Waals surface area contributed by atoms with Crippen molar-refractivity contribution in [1.82, 2.24) is 0 Å². The van der Waals surface area contributed by atoms with Crippen molar-refractivity contribution in [1.29, 1.82) is 0 Å². The first-order chi connectivity index (χ1) is 13.1. The van der Waals surface area contributed by atoms with Crippen LogP contribution in [0.25, 0.3) is 11.1 Å². The largest absolute Gasteiger partial charge is 0.493 e. The molecule has 0 unspecified atom stereocenters. The minimum absolute atomic E-state index is 0.0543. The van der Waals surface area contributed by atoms with E-state index in [1.165, 1.54) is 7.11 Å². The van der Waals surface area contributed by atoms with Gasteiger partial charge in [0.1, 0.15) is 0 Å². The second-order valence-electron chi connectivity index (χ2n) is 6.16. The van der Waals surface area contributed by atoms with E-state index in [0.717, 1.165) is 11.1 Å². The van der Waals surface area contributed by atoms with Crippen LogP contribution in [0.1, 0.15) is 26.3 Å². The third-order valence-electron chi connectivity index (χ3n) is 4.63. The van der Waals surface area contributed by atoms with Gasteiger partial charge in [-0.25, -0.2) is 0 Å². The molecule has 1 aliphatic carbocycles. The number of ketones is 1. The highest BCUT2D eigenvalue weighted by Gasteiger charge is 2.27. The average molecular weight is 359 g/mol. The smallest absolute Gasteiger partial charge is 0.255 e. The summed E-state index contributed by atoms with van der Waals surface area (Å²) >= 11 is 0. The van der Waals surface area contributed by atoms with Gasteiger partial charge in [0, 0.05) is 28.4 Å². The fourth-order valence-electron chi connectivity index (χ4n) is 3.29. The highest BCUT2D eigenvalue weighted by Crippen LogP contribution is 2.37. The zero-order valence-corrected chi connectivity index (χ0v) is 14.9. The summed E-state index contributed by atoms with van der Waals surface area (Å²) in [6, 6.07) is 17.8. The average Bonchev–Trinajstić information content (AvgIpc) is 3.00. The molecule has 3 aromatic carbocycles. The predicted molar refractivity (Wildman–Crippen MR) is 103 cm³/mol. The van der Waals surface area contributed by atoms with Crippen molar-refractivity contribution in [2.45, 2.75) is 0 Å². The summed E-state index contributed by atoms with van der Waals surface area (Å²) < 4.78 is 10.5. The predicted octanol–water partition coefficient (Wildman–Crippen LogP) is 4.17. The Morgan fingerprint density at radius 3 is 2.22 bits per heavy atom. The molecule has 0 heterocycles. The first-order valence-electron chi connectivity index (χ1n) is 8.44. The van der Waals surface area contributed by atoms with E-state index in [4.69, 9.17) is 9.47 Å². The van der Waals surface area contributed by atoms with Gasteiger partial charge in [-0.1, -0.05) is 30.3 Å². The Labute approximate surface area is 156 Å². The Morgan fingerprint density at radius 2 is 1.48 bits per heavy atom. The van der Waals surface area contributed by atoms with E-state index in [1.807, 2.05) is 24.3 Å². The van der Waals surface area contributed by atoms with Crippen LogP contribution in [0.5, 0.6) is 11.5 Å². The lowest BCUT2D eigenvalue weighted by atomic mass is 10.0. The van der Waals surface area contributed by atoms with Crippen LogP contribution in [0.2, 0.25) is 0 Å². The van der Waals surface area contributed by atoms with Crippen molar-refractivity contribution >= 4 is 17.4 Å². The number of carbonyl (C=O) groups is 2. The molecule has 0 fully saturated rings. The van der Waals surface area contributed by atoms with E-state index < -0.39 is 0 Å². The minimum atomic E-state index is -0.297. The maximum Gasteiger partial charge on any atom is 0.255 e. The third kappa shape index (κ3) is 2.83. The van der Waals surface area contributed by atoms with Crippen LogP contribution in [0.4, 0.5) is 5.69 Å². The fraction of sp³-hybridized carbons (Fsp3) is 0.0909. The number of carbonyl (C=O) groups excluding carboxylic acids is 2. The van der Waals surface area contributed by atoms with Gasteiger partial charge in [0.25, 0.3) is 5.91 Å².